The van der Waals surface area contributed by atoms with Crippen LogP contribution in [0.5, 0.6) is 11.5 Å². The fraction of sp³-hybridized carbons (Fsp3) is 0.333. The fourth-order valence-corrected chi connectivity index (χ4v) is 2.14. The summed E-state index contributed by atoms with van der Waals surface area (Å²) in [5.74, 6) is 2.18. The van der Waals surface area contributed by atoms with Gasteiger partial charge in [0, 0.05) is 17.5 Å². The molecule has 106 valence electrons. The number of methoxy groups -OCH3 is 2. The predicted molar refractivity (Wildman–Crippen MR) is 79.7 cm³/mol. The number of hydrogen-bond donors (Lipinski definition) is 0. The highest BCUT2D eigenvalue weighted by Gasteiger charge is 2.15. The van der Waals surface area contributed by atoms with Crippen molar-refractivity contribution in [3.63, 3.8) is 0 Å². The zero-order valence-electron chi connectivity index (χ0n) is 12.0. The van der Waals surface area contributed by atoms with Crippen LogP contribution in [0, 0.1) is 6.92 Å². The Bertz CT molecular complexity index is 630. The number of ether oxygens (including phenoxy) is 2. The summed E-state index contributed by atoms with van der Waals surface area (Å²) >= 11 is 6.19. The highest BCUT2D eigenvalue weighted by molar-refractivity contribution is 6.30. The number of nitrogens with zero attached hydrogens (tertiary/aromatic N) is 2. The molecule has 0 N–H and O–H groups in total. The highest BCUT2D eigenvalue weighted by Crippen LogP contribution is 2.35. The van der Waals surface area contributed by atoms with Gasteiger partial charge in [0.25, 0.3) is 0 Å². The number of benzene rings is 1. The number of aryl methyl sites for hydroxylation is 1. The van der Waals surface area contributed by atoms with Gasteiger partial charge in [-0.1, -0.05) is 18.5 Å². The molecule has 1 heterocycles. The molecule has 0 saturated carbocycles. The number of halogens is 1. The standard InChI is InChI=1S/C15H17ClN2O2/c1-5-13-17-14(9(2)15(16)18-13)11-8-10(19-3)6-7-12(11)20-4/h6-8H,5H2,1-4H3. The summed E-state index contributed by atoms with van der Waals surface area (Å²) in [5.41, 5.74) is 2.45. The number of aromatic nitrogens is 2. The number of rotatable bonds is 4. The molecule has 0 saturated heterocycles. The first kappa shape index (κ1) is 14.6. The number of hydrogen-bond acceptors (Lipinski definition) is 4. The molecule has 1 aromatic heterocycles. The van der Waals surface area contributed by atoms with E-state index in [2.05, 4.69) is 9.97 Å². The Morgan fingerprint density at radius 3 is 2.50 bits per heavy atom. The lowest BCUT2D eigenvalue weighted by molar-refractivity contribution is 0.404. The summed E-state index contributed by atoms with van der Waals surface area (Å²) in [4.78, 5) is 8.83. The van der Waals surface area contributed by atoms with Gasteiger partial charge in [0.05, 0.1) is 19.9 Å². The summed E-state index contributed by atoms with van der Waals surface area (Å²) in [7, 11) is 3.26. The van der Waals surface area contributed by atoms with Crippen molar-refractivity contribution in [2.75, 3.05) is 14.2 Å². The Morgan fingerprint density at radius 2 is 1.90 bits per heavy atom. The van der Waals surface area contributed by atoms with Gasteiger partial charge in [0.15, 0.2) is 0 Å². The second-order valence-electron chi connectivity index (χ2n) is 4.32. The van der Waals surface area contributed by atoms with Gasteiger partial charge in [-0.25, -0.2) is 9.97 Å². The Kier molecular flexibility index (Phi) is 4.45. The van der Waals surface area contributed by atoms with Crippen LogP contribution >= 0.6 is 11.6 Å². The van der Waals surface area contributed by atoms with Gasteiger partial charge in [-0.2, -0.15) is 0 Å². The van der Waals surface area contributed by atoms with Crippen molar-refractivity contribution in [3.8, 4) is 22.8 Å². The molecule has 0 amide bonds. The summed E-state index contributed by atoms with van der Waals surface area (Å²) in [5, 5.41) is 0.469. The summed E-state index contributed by atoms with van der Waals surface area (Å²) in [6.45, 7) is 3.89. The summed E-state index contributed by atoms with van der Waals surface area (Å²) in [6, 6.07) is 5.60. The molecule has 0 atom stereocenters. The minimum Gasteiger partial charge on any atom is -0.497 e. The van der Waals surface area contributed by atoms with Gasteiger partial charge < -0.3 is 9.47 Å². The normalized spacial score (nSPS) is 10.4. The van der Waals surface area contributed by atoms with Crippen LogP contribution < -0.4 is 9.47 Å². The van der Waals surface area contributed by atoms with E-state index < -0.39 is 0 Å². The zero-order valence-corrected chi connectivity index (χ0v) is 12.8. The molecule has 0 fully saturated rings. The first-order valence-corrected chi connectivity index (χ1v) is 6.73. The maximum atomic E-state index is 6.19. The lowest BCUT2D eigenvalue weighted by Gasteiger charge is -2.13. The first-order valence-electron chi connectivity index (χ1n) is 6.36. The first-order chi connectivity index (χ1) is 9.60. The van der Waals surface area contributed by atoms with E-state index in [-0.39, 0.29) is 0 Å². The highest BCUT2D eigenvalue weighted by atomic mass is 35.5. The van der Waals surface area contributed by atoms with Crippen molar-refractivity contribution in [3.05, 3.63) is 34.7 Å². The van der Waals surface area contributed by atoms with E-state index in [1.54, 1.807) is 14.2 Å². The van der Waals surface area contributed by atoms with E-state index in [1.165, 1.54) is 0 Å². The second kappa shape index (κ2) is 6.09. The van der Waals surface area contributed by atoms with Crippen molar-refractivity contribution in [2.45, 2.75) is 20.3 Å². The van der Waals surface area contributed by atoms with Gasteiger partial charge in [0.2, 0.25) is 0 Å². The topological polar surface area (TPSA) is 44.2 Å². The third-order valence-corrected chi connectivity index (χ3v) is 3.48. The molecule has 5 heteroatoms. The molecule has 0 aliphatic rings. The molecule has 2 aromatic rings. The van der Waals surface area contributed by atoms with Gasteiger partial charge in [-0.05, 0) is 25.1 Å². The quantitative estimate of drug-likeness (QED) is 0.806. The van der Waals surface area contributed by atoms with Crippen LogP contribution in [-0.4, -0.2) is 24.2 Å². The third kappa shape index (κ3) is 2.70. The smallest absolute Gasteiger partial charge is 0.136 e. The summed E-state index contributed by atoms with van der Waals surface area (Å²) in [6.07, 6.45) is 0.722. The van der Waals surface area contributed by atoms with Gasteiger partial charge in [-0.3, -0.25) is 0 Å². The molecule has 0 unspecified atom stereocenters. The minimum atomic E-state index is 0.469. The van der Waals surface area contributed by atoms with Crippen molar-refractivity contribution in [2.24, 2.45) is 0 Å². The molecule has 0 aliphatic heterocycles. The van der Waals surface area contributed by atoms with Gasteiger partial charge in [-0.15, -0.1) is 0 Å². The van der Waals surface area contributed by atoms with E-state index in [0.29, 0.717) is 11.0 Å². The van der Waals surface area contributed by atoms with E-state index in [4.69, 9.17) is 21.1 Å². The largest absolute Gasteiger partial charge is 0.497 e. The third-order valence-electron chi connectivity index (χ3n) is 3.11. The van der Waals surface area contributed by atoms with Gasteiger partial charge >= 0.3 is 0 Å². The second-order valence-corrected chi connectivity index (χ2v) is 4.68. The van der Waals surface area contributed by atoms with E-state index in [1.807, 2.05) is 32.0 Å². The van der Waals surface area contributed by atoms with Crippen LogP contribution in [0.4, 0.5) is 0 Å². The van der Waals surface area contributed by atoms with Gasteiger partial charge in [0.1, 0.15) is 22.5 Å². The Morgan fingerprint density at radius 1 is 1.15 bits per heavy atom. The average molecular weight is 293 g/mol. The molecule has 4 nitrogen and oxygen atoms in total. The monoisotopic (exact) mass is 292 g/mol. The Balaban J connectivity index is 2.69. The SMILES string of the molecule is CCc1nc(Cl)c(C)c(-c2cc(OC)ccc2OC)n1. The van der Waals surface area contributed by atoms with E-state index >= 15 is 0 Å². The molecule has 0 aliphatic carbocycles. The molecule has 0 bridgehead atoms. The van der Waals surface area contributed by atoms with Crippen LogP contribution in [-0.2, 0) is 6.42 Å². The molecular formula is C15H17ClN2O2. The van der Waals surface area contributed by atoms with E-state index in [9.17, 15) is 0 Å². The summed E-state index contributed by atoms with van der Waals surface area (Å²) < 4.78 is 10.7. The van der Waals surface area contributed by atoms with Crippen molar-refractivity contribution >= 4 is 11.6 Å². The molecule has 2 rings (SSSR count). The van der Waals surface area contributed by atoms with E-state index in [0.717, 1.165) is 34.7 Å². The lowest BCUT2D eigenvalue weighted by Crippen LogP contribution is -2.01. The minimum absolute atomic E-state index is 0.469. The molecule has 1 aromatic carbocycles. The van der Waals surface area contributed by atoms with Crippen LogP contribution in [0.3, 0.4) is 0 Å². The van der Waals surface area contributed by atoms with Crippen molar-refractivity contribution in [1.82, 2.24) is 9.97 Å². The van der Waals surface area contributed by atoms with Crippen LogP contribution in [0.2, 0.25) is 5.15 Å². The Hall–Kier alpha value is -1.81. The van der Waals surface area contributed by atoms with Crippen LogP contribution in [0.15, 0.2) is 18.2 Å². The maximum Gasteiger partial charge on any atom is 0.136 e. The maximum absolute atomic E-state index is 6.19. The fourth-order valence-electron chi connectivity index (χ4n) is 1.95. The average Bonchev–Trinajstić information content (AvgIpc) is 2.49. The Labute approximate surface area is 123 Å². The van der Waals surface area contributed by atoms with Crippen molar-refractivity contribution in [1.29, 1.82) is 0 Å². The van der Waals surface area contributed by atoms with Crippen LogP contribution in [0.1, 0.15) is 18.3 Å². The molecule has 0 radical (unpaired) electrons. The molecule has 20 heavy (non-hydrogen) atoms. The lowest BCUT2D eigenvalue weighted by atomic mass is 10.1. The molecular weight excluding hydrogens is 276 g/mol. The molecule has 0 spiro atoms. The predicted octanol–water partition coefficient (Wildman–Crippen LogP) is 3.69. The zero-order chi connectivity index (χ0) is 14.7. The van der Waals surface area contributed by atoms with Crippen LogP contribution in [0.25, 0.3) is 11.3 Å². The van der Waals surface area contributed by atoms with Crippen molar-refractivity contribution < 1.29 is 9.47 Å².